The number of hydrogen-bond acceptors (Lipinski definition) is 5. The van der Waals surface area contributed by atoms with Crippen molar-refractivity contribution in [3.8, 4) is 6.07 Å². The average Bonchev–Trinajstić information content (AvgIpc) is 2.82. The van der Waals surface area contributed by atoms with Crippen molar-refractivity contribution in [3.05, 3.63) is 95.5 Å². The van der Waals surface area contributed by atoms with Gasteiger partial charge in [0.25, 0.3) is 0 Å². The molecular weight excluding hydrogens is 374 g/mol. The third kappa shape index (κ3) is 4.05. The fourth-order valence-corrected chi connectivity index (χ4v) is 3.65. The minimum absolute atomic E-state index is 0.179. The Morgan fingerprint density at radius 2 is 1.87 bits per heavy atom. The van der Waals surface area contributed by atoms with E-state index in [2.05, 4.69) is 28.1 Å². The van der Waals surface area contributed by atoms with Crippen molar-refractivity contribution in [1.29, 1.82) is 5.26 Å². The Labute approximate surface area is 176 Å². The highest BCUT2D eigenvalue weighted by Crippen LogP contribution is 2.32. The molecule has 2 aromatic carbocycles. The van der Waals surface area contributed by atoms with Gasteiger partial charge in [0, 0.05) is 24.6 Å². The molecule has 1 aliphatic carbocycles. The molecule has 1 atom stereocenters. The Morgan fingerprint density at radius 1 is 1.10 bits per heavy atom. The summed E-state index contributed by atoms with van der Waals surface area (Å²) in [6.07, 6.45) is 4.49. The SMILES string of the molecule is COC1=CC=C(N(C)c2cc(C#N)nc3ccccc23)CC1OCc1ccccc1. The largest absolute Gasteiger partial charge is 0.498 e. The van der Waals surface area contributed by atoms with Crippen LogP contribution in [-0.2, 0) is 16.1 Å². The quantitative estimate of drug-likeness (QED) is 0.589. The van der Waals surface area contributed by atoms with Crippen molar-refractivity contribution in [1.82, 2.24) is 4.98 Å². The highest BCUT2D eigenvalue weighted by molar-refractivity contribution is 5.93. The van der Waals surface area contributed by atoms with Gasteiger partial charge in [-0.1, -0.05) is 48.5 Å². The number of anilines is 1. The molecule has 0 N–H and O–H groups in total. The number of pyridine rings is 1. The first-order chi connectivity index (χ1) is 14.7. The first-order valence-electron chi connectivity index (χ1n) is 9.83. The molecule has 1 aromatic heterocycles. The van der Waals surface area contributed by atoms with Gasteiger partial charge in [-0.2, -0.15) is 5.26 Å². The standard InChI is InChI=1S/C25H23N3O2/c1-28(23-14-19(16-26)27-22-11-7-6-10-21(22)23)20-12-13-24(29-2)25(15-20)30-17-18-8-4-3-5-9-18/h3-14,25H,15,17H2,1-2H3. The lowest BCUT2D eigenvalue weighted by Gasteiger charge is -2.30. The summed E-state index contributed by atoms with van der Waals surface area (Å²) in [6, 6.07) is 22.0. The van der Waals surface area contributed by atoms with Crippen molar-refractivity contribution in [3.63, 3.8) is 0 Å². The third-order valence-corrected chi connectivity index (χ3v) is 5.28. The number of hydrogen-bond donors (Lipinski definition) is 0. The summed E-state index contributed by atoms with van der Waals surface area (Å²) in [6.45, 7) is 0.514. The zero-order valence-corrected chi connectivity index (χ0v) is 17.1. The van der Waals surface area contributed by atoms with E-state index >= 15 is 0 Å². The van der Waals surface area contributed by atoms with Crippen molar-refractivity contribution < 1.29 is 9.47 Å². The van der Waals surface area contributed by atoms with Gasteiger partial charge >= 0.3 is 0 Å². The van der Waals surface area contributed by atoms with E-state index in [4.69, 9.17) is 9.47 Å². The van der Waals surface area contributed by atoms with Crippen molar-refractivity contribution in [2.75, 3.05) is 19.1 Å². The fourth-order valence-electron chi connectivity index (χ4n) is 3.65. The molecule has 5 nitrogen and oxygen atoms in total. The van der Waals surface area contributed by atoms with E-state index in [0.717, 1.165) is 33.6 Å². The van der Waals surface area contributed by atoms with Gasteiger partial charge in [0.15, 0.2) is 0 Å². The highest BCUT2D eigenvalue weighted by Gasteiger charge is 2.24. The summed E-state index contributed by atoms with van der Waals surface area (Å²) < 4.78 is 11.7. The molecule has 0 spiro atoms. The van der Waals surface area contributed by atoms with Crippen LogP contribution in [0.25, 0.3) is 10.9 Å². The van der Waals surface area contributed by atoms with Crippen LogP contribution in [0.1, 0.15) is 17.7 Å². The van der Waals surface area contributed by atoms with Crippen LogP contribution < -0.4 is 4.90 Å². The molecule has 0 saturated carbocycles. The van der Waals surface area contributed by atoms with Crippen LogP contribution in [0.4, 0.5) is 5.69 Å². The number of allylic oxidation sites excluding steroid dienone is 2. The summed E-state index contributed by atoms with van der Waals surface area (Å²) in [5.74, 6) is 0.806. The lowest BCUT2D eigenvalue weighted by Crippen LogP contribution is -2.27. The molecule has 0 bridgehead atoms. The number of nitriles is 1. The second kappa shape index (κ2) is 8.81. The van der Waals surface area contributed by atoms with Crippen LogP contribution in [0.2, 0.25) is 0 Å². The lowest BCUT2D eigenvalue weighted by molar-refractivity contribution is 0.0274. The number of fused-ring (bicyclic) bond motifs is 1. The first-order valence-corrected chi connectivity index (χ1v) is 9.83. The molecule has 1 unspecified atom stereocenters. The Hall–Kier alpha value is -3.62. The second-order valence-electron chi connectivity index (χ2n) is 7.14. The number of nitrogens with zero attached hydrogens (tertiary/aromatic N) is 3. The van der Waals surface area contributed by atoms with Crippen LogP contribution in [0.15, 0.2) is 84.3 Å². The molecule has 0 fully saturated rings. The number of rotatable bonds is 6. The van der Waals surface area contributed by atoms with E-state index in [0.29, 0.717) is 18.7 Å². The third-order valence-electron chi connectivity index (χ3n) is 5.28. The van der Waals surface area contributed by atoms with E-state index in [9.17, 15) is 5.26 Å². The molecule has 0 amide bonds. The number of aromatic nitrogens is 1. The molecule has 4 rings (SSSR count). The number of methoxy groups -OCH3 is 1. The zero-order valence-electron chi connectivity index (χ0n) is 17.1. The maximum atomic E-state index is 9.41. The number of ether oxygens (including phenoxy) is 2. The van der Waals surface area contributed by atoms with Crippen molar-refractivity contribution in [2.24, 2.45) is 0 Å². The van der Waals surface area contributed by atoms with Gasteiger partial charge in [0.05, 0.1) is 24.9 Å². The monoisotopic (exact) mass is 397 g/mol. The molecule has 0 saturated heterocycles. The molecule has 0 aliphatic heterocycles. The Balaban J connectivity index is 1.61. The molecule has 1 heterocycles. The Bertz CT molecular complexity index is 1150. The molecule has 0 radical (unpaired) electrons. The smallest absolute Gasteiger partial charge is 0.143 e. The first kappa shape index (κ1) is 19.7. The van der Waals surface area contributed by atoms with Crippen LogP contribution in [0, 0.1) is 11.3 Å². The number of para-hydroxylation sites is 1. The molecule has 1 aliphatic rings. The second-order valence-corrected chi connectivity index (χ2v) is 7.14. The summed E-state index contributed by atoms with van der Waals surface area (Å²) >= 11 is 0. The van der Waals surface area contributed by atoms with E-state index in [-0.39, 0.29) is 6.10 Å². The molecule has 30 heavy (non-hydrogen) atoms. The zero-order chi connectivity index (χ0) is 20.9. The van der Waals surface area contributed by atoms with Gasteiger partial charge < -0.3 is 14.4 Å². The van der Waals surface area contributed by atoms with Crippen LogP contribution >= 0.6 is 0 Å². The Morgan fingerprint density at radius 3 is 2.63 bits per heavy atom. The van der Waals surface area contributed by atoms with E-state index < -0.39 is 0 Å². The van der Waals surface area contributed by atoms with E-state index in [1.54, 1.807) is 7.11 Å². The maximum absolute atomic E-state index is 9.41. The minimum atomic E-state index is -0.179. The topological polar surface area (TPSA) is 58.4 Å². The highest BCUT2D eigenvalue weighted by atomic mass is 16.5. The van der Waals surface area contributed by atoms with E-state index in [1.165, 1.54) is 0 Å². The van der Waals surface area contributed by atoms with Gasteiger partial charge in [0.1, 0.15) is 23.6 Å². The average molecular weight is 397 g/mol. The van der Waals surface area contributed by atoms with Gasteiger partial charge in [0.2, 0.25) is 0 Å². The summed E-state index contributed by atoms with van der Waals surface area (Å²) in [5, 5.41) is 10.4. The van der Waals surface area contributed by atoms with E-state index in [1.807, 2.05) is 67.7 Å². The molecule has 5 heteroatoms. The maximum Gasteiger partial charge on any atom is 0.143 e. The number of benzene rings is 2. The fraction of sp³-hybridized carbons (Fsp3) is 0.200. The molecule has 150 valence electrons. The normalized spacial score (nSPS) is 15.8. The van der Waals surface area contributed by atoms with Crippen molar-refractivity contribution >= 4 is 16.6 Å². The van der Waals surface area contributed by atoms with Gasteiger partial charge in [-0.25, -0.2) is 4.98 Å². The van der Waals surface area contributed by atoms with Crippen LogP contribution in [-0.4, -0.2) is 25.2 Å². The van der Waals surface area contributed by atoms with Gasteiger partial charge in [-0.3, -0.25) is 0 Å². The molecule has 3 aromatic rings. The molecular formula is C25H23N3O2. The minimum Gasteiger partial charge on any atom is -0.498 e. The lowest BCUT2D eigenvalue weighted by atomic mass is 10.0. The summed E-state index contributed by atoms with van der Waals surface area (Å²) in [7, 11) is 3.68. The predicted molar refractivity (Wildman–Crippen MR) is 118 cm³/mol. The summed E-state index contributed by atoms with van der Waals surface area (Å²) in [5.41, 5.74) is 4.35. The van der Waals surface area contributed by atoms with Crippen LogP contribution in [0.3, 0.4) is 0 Å². The predicted octanol–water partition coefficient (Wildman–Crippen LogP) is 4.95. The summed E-state index contributed by atoms with van der Waals surface area (Å²) in [4.78, 5) is 6.53. The Kier molecular flexibility index (Phi) is 5.78. The van der Waals surface area contributed by atoms with Crippen molar-refractivity contribution in [2.45, 2.75) is 19.1 Å². The van der Waals surface area contributed by atoms with Gasteiger partial charge in [-0.15, -0.1) is 0 Å². The van der Waals surface area contributed by atoms with Crippen LogP contribution in [0.5, 0.6) is 0 Å². The van der Waals surface area contributed by atoms with Gasteiger partial charge in [-0.05, 0) is 29.8 Å².